The van der Waals surface area contributed by atoms with Gasteiger partial charge >= 0.3 is 0 Å². The van der Waals surface area contributed by atoms with E-state index in [2.05, 4.69) is 24.3 Å². The zero-order valence-electron chi connectivity index (χ0n) is 13.5. The second kappa shape index (κ2) is 7.08. The lowest BCUT2D eigenvalue weighted by Crippen LogP contribution is -2.50. The Hall–Kier alpha value is -1.64. The van der Waals surface area contributed by atoms with Crippen molar-refractivity contribution in [3.8, 4) is 0 Å². The smallest absolute Gasteiger partial charge is 0.0906 e. The van der Waals surface area contributed by atoms with Gasteiger partial charge in [0.15, 0.2) is 0 Å². The molecular weight excluding hydrogens is 272 g/mol. The number of benzene rings is 2. The van der Waals surface area contributed by atoms with Crippen LogP contribution < -0.4 is 0 Å². The molecule has 0 aliphatic carbocycles. The van der Waals surface area contributed by atoms with E-state index in [0.29, 0.717) is 12.8 Å². The summed E-state index contributed by atoms with van der Waals surface area (Å²) in [6.45, 7) is 3.47. The minimum absolute atomic E-state index is 0.540. The van der Waals surface area contributed by atoms with Gasteiger partial charge < -0.3 is 10.2 Å². The molecule has 118 valence electrons. The normalized spacial score (nSPS) is 16.7. The molecule has 0 saturated heterocycles. The Balaban J connectivity index is 1.93. The second-order valence-electron chi connectivity index (χ2n) is 6.52. The van der Waals surface area contributed by atoms with Crippen LogP contribution in [-0.2, 0) is 12.8 Å². The summed E-state index contributed by atoms with van der Waals surface area (Å²) in [7, 11) is 0. The van der Waals surface area contributed by atoms with E-state index in [1.54, 1.807) is 13.8 Å². The van der Waals surface area contributed by atoms with Crippen LogP contribution in [0.4, 0.5) is 0 Å². The Morgan fingerprint density at radius 3 is 1.27 bits per heavy atom. The minimum atomic E-state index is -1.11. The lowest BCUT2D eigenvalue weighted by molar-refractivity contribution is -0.138. The van der Waals surface area contributed by atoms with Gasteiger partial charge in [-0.05, 0) is 50.7 Å². The highest BCUT2D eigenvalue weighted by Gasteiger charge is 2.40. The summed E-state index contributed by atoms with van der Waals surface area (Å²) in [6, 6.07) is 20.2. The van der Waals surface area contributed by atoms with Crippen molar-refractivity contribution in [1.29, 1.82) is 0 Å². The molecule has 0 fully saturated rings. The minimum Gasteiger partial charge on any atom is -0.387 e. The third-order valence-electron chi connectivity index (χ3n) is 4.65. The molecule has 2 aromatic rings. The largest absolute Gasteiger partial charge is 0.387 e. The Labute approximate surface area is 133 Å². The van der Waals surface area contributed by atoms with Gasteiger partial charge in [-0.25, -0.2) is 0 Å². The molecule has 0 aliphatic heterocycles. The zero-order chi connectivity index (χ0) is 16.1. The highest BCUT2D eigenvalue weighted by Crippen LogP contribution is 2.31. The molecule has 2 unspecified atom stereocenters. The molecule has 0 bridgehead atoms. The van der Waals surface area contributed by atoms with Crippen LogP contribution in [0.25, 0.3) is 0 Å². The average Bonchev–Trinajstić information content (AvgIpc) is 2.53. The average molecular weight is 298 g/mol. The van der Waals surface area contributed by atoms with Crippen molar-refractivity contribution in [1.82, 2.24) is 0 Å². The van der Waals surface area contributed by atoms with Crippen LogP contribution in [0.1, 0.15) is 37.8 Å². The van der Waals surface area contributed by atoms with Gasteiger partial charge in [-0.2, -0.15) is 0 Å². The molecule has 22 heavy (non-hydrogen) atoms. The number of aryl methyl sites for hydroxylation is 2. The van der Waals surface area contributed by atoms with Crippen LogP contribution in [0.3, 0.4) is 0 Å². The monoisotopic (exact) mass is 298 g/mol. The van der Waals surface area contributed by atoms with Gasteiger partial charge in [0, 0.05) is 0 Å². The van der Waals surface area contributed by atoms with Gasteiger partial charge in [-0.3, -0.25) is 0 Å². The molecule has 0 saturated carbocycles. The Bertz CT molecular complexity index is 505. The first-order valence-corrected chi connectivity index (χ1v) is 7.93. The molecule has 0 radical (unpaired) electrons. The highest BCUT2D eigenvalue weighted by molar-refractivity contribution is 5.17. The third kappa shape index (κ3) is 4.43. The summed E-state index contributed by atoms with van der Waals surface area (Å²) in [5.74, 6) is 0. The van der Waals surface area contributed by atoms with Crippen molar-refractivity contribution in [2.45, 2.75) is 50.7 Å². The fourth-order valence-electron chi connectivity index (χ4n) is 2.60. The Morgan fingerprint density at radius 2 is 0.955 bits per heavy atom. The summed E-state index contributed by atoms with van der Waals surface area (Å²) in [5.41, 5.74) is 0.137. The standard InChI is InChI=1S/C20H26O2/c1-19(21,15-13-17-9-5-3-6-10-17)20(2,22)16-14-18-11-7-4-8-12-18/h3-12,21-22H,13-16H2,1-2H3. The van der Waals surface area contributed by atoms with Gasteiger partial charge in [-0.1, -0.05) is 60.7 Å². The molecule has 0 spiro atoms. The van der Waals surface area contributed by atoms with Crippen LogP contribution >= 0.6 is 0 Å². The quantitative estimate of drug-likeness (QED) is 0.817. The second-order valence-corrected chi connectivity index (χ2v) is 6.52. The summed E-state index contributed by atoms with van der Waals surface area (Å²) in [4.78, 5) is 0. The number of aliphatic hydroxyl groups is 2. The maximum Gasteiger partial charge on any atom is 0.0906 e. The van der Waals surface area contributed by atoms with Crippen molar-refractivity contribution >= 4 is 0 Å². The molecule has 2 nitrogen and oxygen atoms in total. The molecule has 0 aliphatic rings. The van der Waals surface area contributed by atoms with E-state index in [0.717, 1.165) is 12.8 Å². The SMILES string of the molecule is CC(O)(CCc1ccccc1)C(C)(O)CCc1ccccc1. The molecule has 2 aromatic carbocycles. The number of rotatable bonds is 7. The lowest BCUT2D eigenvalue weighted by Gasteiger charge is -2.39. The fraction of sp³-hybridized carbons (Fsp3) is 0.400. The van der Waals surface area contributed by atoms with Gasteiger partial charge in [-0.15, -0.1) is 0 Å². The van der Waals surface area contributed by atoms with Crippen molar-refractivity contribution in [3.05, 3.63) is 71.8 Å². The van der Waals surface area contributed by atoms with Crippen LogP contribution in [-0.4, -0.2) is 21.4 Å². The fourth-order valence-corrected chi connectivity index (χ4v) is 2.60. The van der Waals surface area contributed by atoms with Crippen molar-refractivity contribution < 1.29 is 10.2 Å². The Kier molecular flexibility index (Phi) is 5.38. The molecule has 0 aromatic heterocycles. The highest BCUT2D eigenvalue weighted by atomic mass is 16.4. The number of hydrogen-bond acceptors (Lipinski definition) is 2. The van der Waals surface area contributed by atoms with Crippen molar-refractivity contribution in [2.24, 2.45) is 0 Å². The Morgan fingerprint density at radius 1 is 0.636 bits per heavy atom. The van der Waals surface area contributed by atoms with Crippen molar-refractivity contribution in [3.63, 3.8) is 0 Å². The van der Waals surface area contributed by atoms with E-state index in [9.17, 15) is 10.2 Å². The van der Waals surface area contributed by atoms with E-state index in [4.69, 9.17) is 0 Å². The summed E-state index contributed by atoms with van der Waals surface area (Å²) >= 11 is 0. The molecular formula is C20H26O2. The maximum absolute atomic E-state index is 10.7. The summed E-state index contributed by atoms with van der Waals surface area (Å²) in [5, 5.41) is 21.5. The molecule has 2 N–H and O–H groups in total. The van der Waals surface area contributed by atoms with Crippen LogP contribution in [0, 0.1) is 0 Å². The first kappa shape index (κ1) is 16.7. The van der Waals surface area contributed by atoms with E-state index >= 15 is 0 Å². The van der Waals surface area contributed by atoms with Gasteiger partial charge in [0.25, 0.3) is 0 Å². The molecule has 2 atom stereocenters. The van der Waals surface area contributed by atoms with Crippen LogP contribution in [0.15, 0.2) is 60.7 Å². The summed E-state index contributed by atoms with van der Waals surface area (Å²) in [6.07, 6.45) is 2.60. The maximum atomic E-state index is 10.7. The zero-order valence-corrected chi connectivity index (χ0v) is 13.5. The van der Waals surface area contributed by atoms with E-state index < -0.39 is 11.2 Å². The molecule has 2 rings (SSSR count). The third-order valence-corrected chi connectivity index (χ3v) is 4.65. The number of hydrogen-bond donors (Lipinski definition) is 2. The van der Waals surface area contributed by atoms with Crippen LogP contribution in [0.5, 0.6) is 0 Å². The molecule has 0 heterocycles. The molecule has 2 heteroatoms. The van der Waals surface area contributed by atoms with Gasteiger partial charge in [0.1, 0.15) is 0 Å². The summed E-state index contributed by atoms with van der Waals surface area (Å²) < 4.78 is 0. The predicted molar refractivity (Wildman–Crippen MR) is 90.8 cm³/mol. The predicted octanol–water partition coefficient (Wildman–Crippen LogP) is 3.75. The van der Waals surface area contributed by atoms with Crippen molar-refractivity contribution in [2.75, 3.05) is 0 Å². The van der Waals surface area contributed by atoms with E-state index in [1.807, 2.05) is 36.4 Å². The first-order chi connectivity index (χ1) is 10.4. The van der Waals surface area contributed by atoms with Gasteiger partial charge in [0.05, 0.1) is 11.2 Å². The lowest BCUT2D eigenvalue weighted by atomic mass is 9.78. The van der Waals surface area contributed by atoms with E-state index in [1.165, 1.54) is 11.1 Å². The molecule has 0 amide bonds. The van der Waals surface area contributed by atoms with Crippen LogP contribution in [0.2, 0.25) is 0 Å². The topological polar surface area (TPSA) is 40.5 Å². The first-order valence-electron chi connectivity index (χ1n) is 7.93. The van der Waals surface area contributed by atoms with Gasteiger partial charge in [0.2, 0.25) is 0 Å². The van der Waals surface area contributed by atoms with E-state index in [-0.39, 0.29) is 0 Å².